The van der Waals surface area contributed by atoms with E-state index in [0.717, 1.165) is 0 Å². The van der Waals surface area contributed by atoms with Gasteiger partial charge in [-0.25, -0.2) is 23.9 Å². The summed E-state index contributed by atoms with van der Waals surface area (Å²) in [5.74, 6) is -0.137. The van der Waals surface area contributed by atoms with Crippen LogP contribution in [0.25, 0.3) is 0 Å². The number of hydrogen-bond acceptors (Lipinski definition) is 9. The van der Waals surface area contributed by atoms with Crippen molar-refractivity contribution in [3.8, 4) is 6.07 Å². The van der Waals surface area contributed by atoms with Crippen molar-refractivity contribution in [2.24, 2.45) is 0 Å². The summed E-state index contributed by atoms with van der Waals surface area (Å²) in [6, 6.07) is 3.41. The van der Waals surface area contributed by atoms with Crippen molar-refractivity contribution in [2.75, 3.05) is 17.2 Å². The maximum absolute atomic E-state index is 14.5. The summed E-state index contributed by atoms with van der Waals surface area (Å²) in [6.45, 7) is 5.51. The Morgan fingerprint density at radius 2 is 1.91 bits per heavy atom. The number of aromatic nitrogens is 3. The second-order valence-corrected chi connectivity index (χ2v) is 8.97. The first-order valence-corrected chi connectivity index (χ1v) is 11.3. The van der Waals surface area contributed by atoms with Gasteiger partial charge in [0.05, 0.1) is 35.8 Å². The molecule has 2 rings (SSSR count). The van der Waals surface area contributed by atoms with E-state index in [4.69, 9.17) is 15.0 Å². The summed E-state index contributed by atoms with van der Waals surface area (Å²) in [5, 5.41) is 17.2. The Morgan fingerprint density at radius 3 is 2.45 bits per heavy atom. The first-order chi connectivity index (χ1) is 15.3. The van der Waals surface area contributed by atoms with Gasteiger partial charge >= 0.3 is 7.82 Å². The molecule has 5 N–H and O–H groups in total. The van der Waals surface area contributed by atoms with Gasteiger partial charge in [-0.15, -0.1) is 0 Å². The highest BCUT2D eigenvalue weighted by molar-refractivity contribution is 7.46. The molecule has 2 aromatic rings. The zero-order valence-electron chi connectivity index (χ0n) is 18.4. The van der Waals surface area contributed by atoms with E-state index in [1.54, 1.807) is 6.07 Å². The van der Waals surface area contributed by atoms with Crippen LogP contribution in [0.15, 0.2) is 24.7 Å². The Morgan fingerprint density at radius 1 is 1.27 bits per heavy atom. The minimum Gasteiger partial charge on any atom is -0.382 e. The molecule has 0 aliphatic heterocycles. The molecule has 1 atom stereocenters. The predicted octanol–water partition coefficient (Wildman–Crippen LogP) is 2.26. The highest BCUT2D eigenvalue weighted by Crippen LogP contribution is 2.42. The van der Waals surface area contributed by atoms with Gasteiger partial charge in [0.2, 0.25) is 5.95 Å². The summed E-state index contributed by atoms with van der Waals surface area (Å²) in [4.78, 5) is 42.7. The third-order valence-corrected chi connectivity index (χ3v) is 4.87. The van der Waals surface area contributed by atoms with E-state index in [0.29, 0.717) is 17.1 Å². The van der Waals surface area contributed by atoms with Crippen LogP contribution in [0.3, 0.4) is 0 Å². The summed E-state index contributed by atoms with van der Waals surface area (Å²) < 4.78 is 30.0. The van der Waals surface area contributed by atoms with Crippen LogP contribution in [0.4, 0.5) is 21.8 Å². The largest absolute Gasteiger partial charge is 0.470 e. The zero-order valence-corrected chi connectivity index (χ0v) is 19.3. The topological polar surface area (TPSA) is 182 Å². The SMILES string of the molecule is CC(C)Nc1cc(Nc2ncc(C#N)cn2)ncc1C(=O)NC[C@@H](F)C(C)(C)OP(=O)(O)O. The number of pyridine rings is 1. The van der Waals surface area contributed by atoms with Gasteiger partial charge in [-0.3, -0.25) is 9.32 Å². The Balaban J connectivity index is 2.16. The molecule has 0 aliphatic carbocycles. The van der Waals surface area contributed by atoms with E-state index in [1.165, 1.54) is 32.4 Å². The van der Waals surface area contributed by atoms with Gasteiger partial charge in [-0.05, 0) is 27.7 Å². The fourth-order valence-electron chi connectivity index (χ4n) is 2.59. The van der Waals surface area contributed by atoms with Gasteiger partial charge in [0.25, 0.3) is 5.91 Å². The molecule has 12 nitrogen and oxygen atoms in total. The number of carbonyl (C=O) groups excluding carboxylic acids is 1. The third kappa shape index (κ3) is 8.03. The van der Waals surface area contributed by atoms with Crippen LogP contribution < -0.4 is 16.0 Å². The monoisotopic (exact) mass is 481 g/mol. The zero-order chi connectivity index (χ0) is 24.8. The second-order valence-electron chi connectivity index (χ2n) is 7.81. The third-order valence-electron chi connectivity index (χ3n) is 4.16. The van der Waals surface area contributed by atoms with E-state index in [9.17, 15) is 13.8 Å². The predicted molar refractivity (Wildman–Crippen MR) is 117 cm³/mol. The van der Waals surface area contributed by atoms with Crippen LogP contribution in [0.2, 0.25) is 0 Å². The Labute approximate surface area is 189 Å². The molecule has 0 radical (unpaired) electrons. The Kier molecular flexibility index (Phi) is 8.40. The van der Waals surface area contributed by atoms with E-state index >= 15 is 0 Å². The van der Waals surface area contributed by atoms with Crippen LogP contribution in [-0.4, -0.2) is 55.0 Å². The number of hydrogen-bond donors (Lipinski definition) is 5. The van der Waals surface area contributed by atoms with Gasteiger partial charge in [0.1, 0.15) is 23.7 Å². The second kappa shape index (κ2) is 10.6. The van der Waals surface area contributed by atoms with Crippen molar-refractivity contribution >= 4 is 31.2 Å². The van der Waals surface area contributed by atoms with Crippen molar-refractivity contribution in [1.82, 2.24) is 20.3 Å². The number of alkyl halides is 1. The maximum Gasteiger partial charge on any atom is 0.470 e. The molecule has 33 heavy (non-hydrogen) atoms. The number of anilines is 3. The number of amides is 1. The molecule has 0 unspecified atom stereocenters. The lowest BCUT2D eigenvalue weighted by Gasteiger charge is -2.29. The van der Waals surface area contributed by atoms with Crippen molar-refractivity contribution in [3.63, 3.8) is 0 Å². The van der Waals surface area contributed by atoms with Crippen LogP contribution in [0, 0.1) is 11.3 Å². The van der Waals surface area contributed by atoms with Gasteiger partial charge in [0.15, 0.2) is 0 Å². The number of carbonyl (C=O) groups is 1. The van der Waals surface area contributed by atoms with Crippen LogP contribution in [0.1, 0.15) is 43.6 Å². The quantitative estimate of drug-likeness (QED) is 0.314. The number of nitrogens with zero attached hydrogens (tertiary/aromatic N) is 4. The summed E-state index contributed by atoms with van der Waals surface area (Å²) in [6.07, 6.45) is 2.06. The smallest absolute Gasteiger partial charge is 0.382 e. The standard InChI is InChI=1S/C19H25FN7O5P/c1-11(2)26-14-5-16(27-18-24-7-12(6-21)8-25-18)22-9-13(14)17(28)23-10-15(20)19(3,4)32-33(29,30)31/h5,7-9,11,15H,10H2,1-4H3,(H,23,28)(H2,29,30,31)(H2,22,24,25,26,27)/t15-/m1/s1. The summed E-state index contributed by atoms with van der Waals surface area (Å²) in [7, 11) is -4.92. The van der Waals surface area contributed by atoms with Gasteiger partial charge in [-0.2, -0.15) is 5.26 Å². The normalized spacial score (nSPS) is 12.7. The molecule has 14 heteroatoms. The molecule has 0 bridgehead atoms. The van der Waals surface area contributed by atoms with Crippen molar-refractivity contribution in [2.45, 2.75) is 45.5 Å². The molecular formula is C19H25FN7O5P. The number of rotatable bonds is 10. The number of nitrogens with one attached hydrogen (secondary N) is 3. The maximum atomic E-state index is 14.5. The molecule has 0 aliphatic rings. The molecule has 2 aromatic heterocycles. The summed E-state index contributed by atoms with van der Waals surface area (Å²) in [5.41, 5.74) is -1.02. The molecule has 0 spiro atoms. The number of phosphoric acid groups is 1. The molecular weight excluding hydrogens is 456 g/mol. The van der Waals surface area contributed by atoms with Crippen molar-refractivity contribution in [1.29, 1.82) is 5.26 Å². The van der Waals surface area contributed by atoms with Crippen LogP contribution in [-0.2, 0) is 9.09 Å². The van der Waals surface area contributed by atoms with Crippen LogP contribution in [0.5, 0.6) is 0 Å². The first-order valence-electron chi connectivity index (χ1n) is 9.75. The Bertz CT molecular complexity index is 1070. The molecule has 0 saturated heterocycles. The highest BCUT2D eigenvalue weighted by atomic mass is 31.2. The van der Waals surface area contributed by atoms with Crippen LogP contribution >= 0.6 is 7.82 Å². The van der Waals surface area contributed by atoms with E-state index < -0.39 is 32.0 Å². The fraction of sp³-hybridized carbons (Fsp3) is 0.421. The number of halogens is 1. The molecule has 178 valence electrons. The van der Waals surface area contributed by atoms with Crippen molar-refractivity contribution < 1.29 is 28.1 Å². The van der Waals surface area contributed by atoms with Gasteiger partial charge in [-0.1, -0.05) is 0 Å². The Hall–Kier alpha value is -3.17. The first kappa shape index (κ1) is 26.1. The molecule has 0 fully saturated rings. The molecule has 0 saturated carbocycles. The average Bonchev–Trinajstić information content (AvgIpc) is 2.70. The lowest BCUT2D eigenvalue weighted by Crippen LogP contribution is -2.43. The van der Waals surface area contributed by atoms with E-state index in [2.05, 4.69) is 35.4 Å². The molecule has 1 amide bonds. The molecule has 0 aromatic carbocycles. The number of phosphoric ester groups is 1. The fourth-order valence-corrected chi connectivity index (χ4v) is 3.31. The lowest BCUT2D eigenvalue weighted by molar-refractivity contribution is -0.00230. The molecule has 2 heterocycles. The highest BCUT2D eigenvalue weighted by Gasteiger charge is 2.37. The van der Waals surface area contributed by atoms with Crippen molar-refractivity contribution in [3.05, 3.63) is 35.8 Å². The average molecular weight is 481 g/mol. The lowest BCUT2D eigenvalue weighted by atomic mass is 10.0. The van der Waals surface area contributed by atoms with E-state index in [-0.39, 0.29) is 17.6 Å². The minimum absolute atomic E-state index is 0.0533. The number of nitriles is 1. The van der Waals surface area contributed by atoms with Gasteiger partial charge in [0, 0.05) is 18.3 Å². The van der Waals surface area contributed by atoms with E-state index in [1.807, 2.05) is 19.9 Å². The minimum atomic E-state index is -4.92. The van der Waals surface area contributed by atoms with Gasteiger partial charge < -0.3 is 25.7 Å². The summed E-state index contributed by atoms with van der Waals surface area (Å²) >= 11 is 0.